The van der Waals surface area contributed by atoms with Crippen molar-refractivity contribution in [2.75, 3.05) is 13.1 Å². The van der Waals surface area contributed by atoms with E-state index in [1.54, 1.807) is 4.90 Å². The molecular weight excluding hydrogens is 330 g/mol. The lowest BCUT2D eigenvalue weighted by molar-refractivity contribution is 0.0692. The van der Waals surface area contributed by atoms with Crippen molar-refractivity contribution in [2.45, 2.75) is 39.5 Å². The van der Waals surface area contributed by atoms with Crippen LogP contribution in [0.1, 0.15) is 58.9 Å². The van der Waals surface area contributed by atoms with Crippen molar-refractivity contribution in [3.63, 3.8) is 0 Å². The summed E-state index contributed by atoms with van der Waals surface area (Å²) >= 11 is 0. The van der Waals surface area contributed by atoms with E-state index in [1.807, 2.05) is 25.1 Å². The Morgan fingerprint density at radius 2 is 2.00 bits per heavy atom. The van der Waals surface area contributed by atoms with E-state index in [1.165, 1.54) is 11.6 Å². The van der Waals surface area contributed by atoms with E-state index in [0.29, 0.717) is 25.3 Å². The number of carbonyl (C=O) groups excluding carboxylic acids is 1. The fraction of sp³-hybridized carbons (Fsp3) is 0.429. The van der Waals surface area contributed by atoms with Gasteiger partial charge in [-0.05, 0) is 30.2 Å². The van der Waals surface area contributed by atoms with Crippen LogP contribution < -0.4 is 0 Å². The van der Waals surface area contributed by atoms with Gasteiger partial charge in [-0.2, -0.15) is 0 Å². The second-order valence-electron chi connectivity index (χ2n) is 7.38. The van der Waals surface area contributed by atoms with Crippen LogP contribution in [-0.2, 0) is 12.8 Å². The topological polar surface area (TPSA) is 70.8 Å². The lowest BCUT2D eigenvalue weighted by atomic mass is 9.83. The van der Waals surface area contributed by atoms with Gasteiger partial charge in [-0.1, -0.05) is 44.2 Å². The first-order chi connectivity index (χ1) is 12.4. The Kier molecular flexibility index (Phi) is 5.16. The van der Waals surface area contributed by atoms with Crippen molar-refractivity contribution in [2.24, 2.45) is 5.41 Å². The molecule has 1 saturated heterocycles. The van der Waals surface area contributed by atoms with Crippen molar-refractivity contribution < 1.29 is 19.1 Å². The van der Waals surface area contributed by atoms with Gasteiger partial charge < -0.3 is 14.4 Å². The maximum atomic E-state index is 12.8. The Balaban J connectivity index is 1.66. The Morgan fingerprint density at radius 3 is 2.62 bits per heavy atom. The molecule has 0 spiro atoms. The zero-order valence-electron chi connectivity index (χ0n) is 15.3. The number of nitrogens with zero attached hydrogens (tertiary/aromatic N) is 1. The lowest BCUT2D eigenvalue weighted by Crippen LogP contribution is -2.31. The minimum Gasteiger partial charge on any atom is -0.478 e. The van der Waals surface area contributed by atoms with Crippen LogP contribution in [0.15, 0.2) is 40.8 Å². The molecule has 2 aromatic rings. The summed E-state index contributed by atoms with van der Waals surface area (Å²) in [5, 5.41) is 9.23. The number of hydrogen-bond donors (Lipinski definition) is 1. The summed E-state index contributed by atoms with van der Waals surface area (Å²) in [6.45, 7) is 5.37. The molecule has 0 radical (unpaired) electrons. The third-order valence-electron chi connectivity index (χ3n) is 5.28. The van der Waals surface area contributed by atoms with E-state index in [-0.39, 0.29) is 22.6 Å². The third-order valence-corrected chi connectivity index (χ3v) is 5.28. The molecule has 1 aliphatic heterocycles. The molecule has 5 heteroatoms. The van der Waals surface area contributed by atoms with Crippen molar-refractivity contribution in [3.05, 3.63) is 59.0 Å². The zero-order chi connectivity index (χ0) is 18.7. The van der Waals surface area contributed by atoms with Gasteiger partial charge in [-0.3, -0.25) is 4.79 Å². The standard InChI is InChI=1S/C21H25NO4/c1-3-17-16(20(24)25)13-18(26-17)19(23)22-12-11-21(2,14-22)10-9-15-7-5-4-6-8-15/h4-8,13H,3,9-12,14H2,1-2H3,(H,24,25). The van der Waals surface area contributed by atoms with Crippen LogP contribution in [0, 0.1) is 5.41 Å². The van der Waals surface area contributed by atoms with E-state index in [4.69, 9.17) is 4.42 Å². The summed E-state index contributed by atoms with van der Waals surface area (Å²) in [6.07, 6.45) is 3.39. The number of furan rings is 1. The zero-order valence-corrected chi connectivity index (χ0v) is 15.3. The van der Waals surface area contributed by atoms with Gasteiger partial charge in [-0.25, -0.2) is 4.79 Å². The summed E-state index contributed by atoms with van der Waals surface area (Å²) in [4.78, 5) is 25.8. The highest BCUT2D eigenvalue weighted by molar-refractivity contribution is 5.96. The number of amides is 1. The highest BCUT2D eigenvalue weighted by atomic mass is 16.4. The molecule has 5 nitrogen and oxygen atoms in total. The van der Waals surface area contributed by atoms with Crippen molar-refractivity contribution in [1.82, 2.24) is 4.90 Å². The highest BCUT2D eigenvalue weighted by Gasteiger charge is 2.37. The summed E-state index contributed by atoms with van der Waals surface area (Å²) in [5.74, 6) is -0.784. The van der Waals surface area contributed by atoms with E-state index in [9.17, 15) is 14.7 Å². The van der Waals surface area contributed by atoms with Crippen LogP contribution in [0.25, 0.3) is 0 Å². The SMILES string of the molecule is CCc1oc(C(=O)N2CCC(C)(CCc3ccccc3)C2)cc1C(=O)O. The van der Waals surface area contributed by atoms with Gasteiger partial charge >= 0.3 is 5.97 Å². The Morgan fingerprint density at radius 1 is 1.27 bits per heavy atom. The Labute approximate surface area is 153 Å². The first kappa shape index (κ1) is 18.2. The normalized spacial score (nSPS) is 19.7. The highest BCUT2D eigenvalue weighted by Crippen LogP contribution is 2.35. The van der Waals surface area contributed by atoms with Gasteiger partial charge in [0.1, 0.15) is 11.3 Å². The minimum atomic E-state index is -1.06. The van der Waals surface area contributed by atoms with Gasteiger partial charge in [0.25, 0.3) is 5.91 Å². The number of likely N-dealkylation sites (tertiary alicyclic amines) is 1. The van der Waals surface area contributed by atoms with Gasteiger partial charge in [-0.15, -0.1) is 0 Å². The number of carboxylic acid groups (broad SMARTS) is 1. The third kappa shape index (κ3) is 3.82. The van der Waals surface area contributed by atoms with Gasteiger partial charge in [0, 0.05) is 25.6 Å². The molecule has 26 heavy (non-hydrogen) atoms. The molecule has 3 rings (SSSR count). The number of aryl methyl sites for hydroxylation is 2. The number of carboxylic acids is 1. The maximum Gasteiger partial charge on any atom is 0.339 e. The number of rotatable bonds is 6. The second-order valence-corrected chi connectivity index (χ2v) is 7.38. The molecule has 1 aromatic heterocycles. The summed E-state index contributed by atoms with van der Waals surface area (Å²) in [5.41, 5.74) is 1.46. The van der Waals surface area contributed by atoms with E-state index in [0.717, 1.165) is 19.3 Å². The largest absolute Gasteiger partial charge is 0.478 e. The predicted molar refractivity (Wildman–Crippen MR) is 98.4 cm³/mol. The van der Waals surface area contributed by atoms with E-state index >= 15 is 0 Å². The van der Waals surface area contributed by atoms with E-state index < -0.39 is 5.97 Å². The molecule has 1 aromatic carbocycles. The molecule has 2 heterocycles. The summed E-state index contributed by atoms with van der Waals surface area (Å²) < 4.78 is 5.52. The van der Waals surface area contributed by atoms with Gasteiger partial charge in [0.05, 0.1) is 0 Å². The first-order valence-electron chi connectivity index (χ1n) is 9.11. The van der Waals surface area contributed by atoms with Crippen molar-refractivity contribution in [1.29, 1.82) is 0 Å². The van der Waals surface area contributed by atoms with Gasteiger partial charge in [0.15, 0.2) is 5.76 Å². The monoisotopic (exact) mass is 355 g/mol. The summed E-state index contributed by atoms with van der Waals surface area (Å²) in [7, 11) is 0. The van der Waals surface area contributed by atoms with Crippen LogP contribution in [0.4, 0.5) is 0 Å². The molecule has 0 bridgehead atoms. The molecule has 1 atom stereocenters. The number of hydrogen-bond acceptors (Lipinski definition) is 3. The first-order valence-corrected chi connectivity index (χ1v) is 9.11. The molecule has 1 fully saturated rings. The number of benzene rings is 1. The molecule has 1 aliphatic rings. The quantitative estimate of drug-likeness (QED) is 0.849. The average molecular weight is 355 g/mol. The van der Waals surface area contributed by atoms with Gasteiger partial charge in [0.2, 0.25) is 0 Å². The van der Waals surface area contributed by atoms with E-state index in [2.05, 4.69) is 19.1 Å². The summed E-state index contributed by atoms with van der Waals surface area (Å²) in [6, 6.07) is 11.7. The Hall–Kier alpha value is -2.56. The van der Waals surface area contributed by atoms with Crippen LogP contribution >= 0.6 is 0 Å². The molecule has 1 unspecified atom stereocenters. The fourth-order valence-electron chi connectivity index (χ4n) is 3.63. The van der Waals surface area contributed by atoms with Crippen LogP contribution in [-0.4, -0.2) is 35.0 Å². The Bertz CT molecular complexity index is 796. The molecule has 1 amide bonds. The molecular formula is C21H25NO4. The molecule has 1 N–H and O–H groups in total. The minimum absolute atomic E-state index is 0.0707. The molecule has 138 valence electrons. The van der Waals surface area contributed by atoms with Crippen molar-refractivity contribution >= 4 is 11.9 Å². The van der Waals surface area contributed by atoms with Crippen LogP contribution in [0.3, 0.4) is 0 Å². The van der Waals surface area contributed by atoms with Crippen LogP contribution in [0.5, 0.6) is 0 Å². The second kappa shape index (κ2) is 7.36. The molecule has 0 aliphatic carbocycles. The number of carbonyl (C=O) groups is 2. The predicted octanol–water partition coefficient (Wildman–Crippen LogP) is 4.03. The lowest BCUT2D eigenvalue weighted by Gasteiger charge is -2.24. The fourth-order valence-corrected chi connectivity index (χ4v) is 3.63. The maximum absolute atomic E-state index is 12.8. The number of aromatic carboxylic acids is 1. The smallest absolute Gasteiger partial charge is 0.339 e. The van der Waals surface area contributed by atoms with Crippen molar-refractivity contribution in [3.8, 4) is 0 Å². The molecule has 0 saturated carbocycles. The van der Waals surface area contributed by atoms with Crippen LogP contribution in [0.2, 0.25) is 0 Å². The average Bonchev–Trinajstić information content (AvgIpc) is 3.25.